The van der Waals surface area contributed by atoms with Crippen molar-refractivity contribution >= 4 is 39.1 Å². The fourth-order valence-corrected chi connectivity index (χ4v) is 6.71. The predicted molar refractivity (Wildman–Crippen MR) is 187 cm³/mol. The van der Waals surface area contributed by atoms with E-state index in [1.54, 1.807) is 54.6 Å². The molecule has 0 bridgehead atoms. The van der Waals surface area contributed by atoms with Gasteiger partial charge in [-0.25, -0.2) is 8.42 Å². The maximum Gasteiger partial charge on any atom is 0.264 e. The lowest BCUT2D eigenvalue weighted by molar-refractivity contribution is -0.140. The Balaban J connectivity index is 1.81. The van der Waals surface area contributed by atoms with Crippen LogP contribution >= 0.6 is 11.6 Å². The maximum atomic E-state index is 14.6. The molecule has 0 fully saturated rings. The molecular weight excluding hydrogens is 634 g/mol. The van der Waals surface area contributed by atoms with Crippen LogP contribution < -0.4 is 14.4 Å². The standard InChI is InChI=1S/C37H42ClN3O5S/c1-6-46-32-19-21-33(22-20-32)47(44,45)41(31-17-15-27(2)16-18-31)26-35(42)40(25-29-13-10-14-30(38)23-29)34(36(43)39-37(3,4)5)24-28-11-8-7-9-12-28/h7-23,34H,6,24-26H2,1-5H3,(H,39,43)/t34-/m1/s1. The van der Waals surface area contributed by atoms with E-state index in [2.05, 4.69) is 5.32 Å². The van der Waals surface area contributed by atoms with Gasteiger partial charge in [0, 0.05) is 23.5 Å². The van der Waals surface area contributed by atoms with Crippen molar-refractivity contribution in [1.82, 2.24) is 10.2 Å². The highest BCUT2D eigenvalue weighted by atomic mass is 35.5. The smallest absolute Gasteiger partial charge is 0.264 e. The Morgan fingerprint density at radius 1 is 0.872 bits per heavy atom. The molecule has 0 radical (unpaired) electrons. The fourth-order valence-electron chi connectivity index (χ4n) is 5.08. The average molecular weight is 676 g/mol. The molecule has 1 N–H and O–H groups in total. The van der Waals surface area contributed by atoms with E-state index in [4.69, 9.17) is 16.3 Å². The summed E-state index contributed by atoms with van der Waals surface area (Å²) in [6.07, 6.45) is 0.214. The summed E-state index contributed by atoms with van der Waals surface area (Å²) in [4.78, 5) is 30.0. The second kappa shape index (κ2) is 15.5. The number of anilines is 1. The minimum Gasteiger partial charge on any atom is -0.494 e. The van der Waals surface area contributed by atoms with E-state index in [0.717, 1.165) is 15.4 Å². The molecule has 2 amide bonds. The van der Waals surface area contributed by atoms with Crippen LogP contribution in [0.3, 0.4) is 0 Å². The van der Waals surface area contributed by atoms with Crippen LogP contribution in [0.4, 0.5) is 5.69 Å². The van der Waals surface area contributed by atoms with Crippen LogP contribution in [0.2, 0.25) is 5.02 Å². The Bertz CT molecular complexity index is 1760. The van der Waals surface area contributed by atoms with Crippen molar-refractivity contribution in [2.24, 2.45) is 0 Å². The Kier molecular flexibility index (Phi) is 11.7. The van der Waals surface area contributed by atoms with Crippen LogP contribution in [0, 0.1) is 6.92 Å². The van der Waals surface area contributed by atoms with E-state index in [1.807, 2.05) is 71.0 Å². The molecular formula is C37H42ClN3O5S. The van der Waals surface area contributed by atoms with Crippen LogP contribution in [0.25, 0.3) is 0 Å². The number of hydrogen-bond donors (Lipinski definition) is 1. The molecule has 4 aromatic carbocycles. The van der Waals surface area contributed by atoms with Crippen molar-refractivity contribution in [2.45, 2.75) is 64.1 Å². The Hall–Kier alpha value is -4.34. The Morgan fingerprint density at radius 3 is 2.11 bits per heavy atom. The first-order chi connectivity index (χ1) is 22.3. The summed E-state index contributed by atoms with van der Waals surface area (Å²) in [5.41, 5.74) is 2.22. The molecule has 0 saturated carbocycles. The topological polar surface area (TPSA) is 96.0 Å². The summed E-state index contributed by atoms with van der Waals surface area (Å²) in [6.45, 7) is 9.27. The molecule has 47 heavy (non-hydrogen) atoms. The first-order valence-corrected chi connectivity index (χ1v) is 17.3. The van der Waals surface area contributed by atoms with Gasteiger partial charge in [-0.05, 0) is 94.3 Å². The second-order valence-electron chi connectivity index (χ2n) is 12.3. The SMILES string of the molecule is CCOc1ccc(S(=O)(=O)N(CC(=O)N(Cc2cccc(Cl)c2)[C@H](Cc2ccccc2)C(=O)NC(C)(C)C)c2ccc(C)cc2)cc1. The van der Waals surface area contributed by atoms with Crippen LogP contribution in [0.1, 0.15) is 44.4 Å². The highest BCUT2D eigenvalue weighted by Gasteiger charge is 2.35. The van der Waals surface area contributed by atoms with Crippen LogP contribution in [-0.2, 0) is 32.6 Å². The number of halogens is 1. The first-order valence-electron chi connectivity index (χ1n) is 15.5. The number of benzene rings is 4. The van der Waals surface area contributed by atoms with Crippen molar-refractivity contribution in [2.75, 3.05) is 17.5 Å². The predicted octanol–water partition coefficient (Wildman–Crippen LogP) is 6.80. The zero-order valence-corrected chi connectivity index (χ0v) is 29.0. The van der Waals surface area contributed by atoms with Gasteiger partial charge in [0.25, 0.3) is 10.0 Å². The molecule has 248 valence electrons. The molecule has 0 heterocycles. The van der Waals surface area contributed by atoms with Crippen LogP contribution in [0.5, 0.6) is 5.75 Å². The fraction of sp³-hybridized carbons (Fsp3) is 0.297. The number of aryl methyl sites for hydroxylation is 1. The molecule has 0 aromatic heterocycles. The van der Waals surface area contributed by atoms with Gasteiger partial charge in [0.2, 0.25) is 11.8 Å². The number of amides is 2. The molecule has 10 heteroatoms. The van der Waals surface area contributed by atoms with Gasteiger partial charge in [0.05, 0.1) is 17.2 Å². The third-order valence-corrected chi connectivity index (χ3v) is 9.36. The van der Waals surface area contributed by atoms with Gasteiger partial charge in [0.1, 0.15) is 18.3 Å². The van der Waals surface area contributed by atoms with Gasteiger partial charge >= 0.3 is 0 Å². The summed E-state index contributed by atoms with van der Waals surface area (Å²) in [5, 5.41) is 3.51. The molecule has 4 rings (SSSR count). The van der Waals surface area contributed by atoms with Gasteiger partial charge in [-0.2, -0.15) is 0 Å². The van der Waals surface area contributed by atoms with Crippen molar-refractivity contribution < 1.29 is 22.7 Å². The molecule has 0 spiro atoms. The minimum atomic E-state index is -4.23. The van der Waals surface area contributed by atoms with Crippen LogP contribution in [0.15, 0.2) is 108 Å². The van der Waals surface area contributed by atoms with Crippen molar-refractivity contribution in [3.05, 3.63) is 125 Å². The molecule has 8 nitrogen and oxygen atoms in total. The van der Waals surface area contributed by atoms with E-state index < -0.39 is 34.1 Å². The zero-order chi connectivity index (χ0) is 34.2. The van der Waals surface area contributed by atoms with E-state index in [-0.39, 0.29) is 23.8 Å². The van der Waals surface area contributed by atoms with Gasteiger partial charge in [-0.1, -0.05) is 71.8 Å². The van der Waals surface area contributed by atoms with E-state index in [1.165, 1.54) is 17.0 Å². The number of hydrogen-bond acceptors (Lipinski definition) is 5. The van der Waals surface area contributed by atoms with Crippen molar-refractivity contribution in [1.29, 1.82) is 0 Å². The van der Waals surface area contributed by atoms with Crippen LogP contribution in [-0.4, -0.2) is 49.9 Å². The maximum absolute atomic E-state index is 14.6. The average Bonchev–Trinajstić information content (AvgIpc) is 3.02. The Morgan fingerprint density at radius 2 is 1.51 bits per heavy atom. The summed E-state index contributed by atoms with van der Waals surface area (Å²) in [7, 11) is -4.23. The highest BCUT2D eigenvalue weighted by Crippen LogP contribution is 2.27. The number of carbonyl (C=O) groups is 2. The van der Waals surface area contributed by atoms with Gasteiger partial charge in [0.15, 0.2) is 0 Å². The van der Waals surface area contributed by atoms with E-state index >= 15 is 0 Å². The molecule has 0 aliphatic heterocycles. The minimum absolute atomic E-state index is 0.00188. The highest BCUT2D eigenvalue weighted by molar-refractivity contribution is 7.92. The molecule has 1 atom stereocenters. The number of nitrogens with zero attached hydrogens (tertiary/aromatic N) is 2. The monoisotopic (exact) mass is 675 g/mol. The lowest BCUT2D eigenvalue weighted by Crippen LogP contribution is -2.56. The van der Waals surface area contributed by atoms with E-state index in [0.29, 0.717) is 28.6 Å². The number of sulfonamides is 1. The third-order valence-electron chi connectivity index (χ3n) is 7.33. The van der Waals surface area contributed by atoms with Crippen molar-refractivity contribution in [3.8, 4) is 5.75 Å². The largest absolute Gasteiger partial charge is 0.494 e. The molecule has 0 aliphatic rings. The second-order valence-corrected chi connectivity index (χ2v) is 14.6. The quantitative estimate of drug-likeness (QED) is 0.168. The van der Waals surface area contributed by atoms with Gasteiger partial charge < -0.3 is 15.0 Å². The number of carbonyl (C=O) groups excluding carboxylic acids is 2. The zero-order valence-electron chi connectivity index (χ0n) is 27.4. The molecule has 0 unspecified atom stereocenters. The summed E-state index contributed by atoms with van der Waals surface area (Å²) >= 11 is 6.32. The summed E-state index contributed by atoms with van der Waals surface area (Å²) in [6, 6.07) is 28.5. The molecule has 4 aromatic rings. The third kappa shape index (κ3) is 9.83. The lowest BCUT2D eigenvalue weighted by atomic mass is 10.0. The number of rotatable bonds is 13. The van der Waals surface area contributed by atoms with Crippen molar-refractivity contribution in [3.63, 3.8) is 0 Å². The van der Waals surface area contributed by atoms with Gasteiger partial charge in [-0.15, -0.1) is 0 Å². The summed E-state index contributed by atoms with van der Waals surface area (Å²) < 4.78 is 35.1. The first kappa shape index (κ1) is 35.5. The molecule has 0 aliphatic carbocycles. The summed E-state index contributed by atoms with van der Waals surface area (Å²) in [5.74, 6) is -0.372. The molecule has 0 saturated heterocycles. The van der Waals surface area contributed by atoms with Gasteiger partial charge in [-0.3, -0.25) is 13.9 Å². The number of ether oxygens (including phenoxy) is 1. The Labute approximate surface area is 283 Å². The lowest BCUT2D eigenvalue weighted by Gasteiger charge is -2.35. The normalized spacial score (nSPS) is 12.2. The van der Waals surface area contributed by atoms with E-state index in [9.17, 15) is 18.0 Å². The number of nitrogens with one attached hydrogen (secondary N) is 1.